The van der Waals surface area contributed by atoms with Crippen molar-refractivity contribution in [1.29, 1.82) is 0 Å². The molecule has 1 aliphatic heterocycles. The highest BCUT2D eigenvalue weighted by Crippen LogP contribution is 2.09. The lowest BCUT2D eigenvalue weighted by molar-refractivity contribution is 0.547. The van der Waals surface area contributed by atoms with Gasteiger partial charge in [-0.15, -0.1) is 0 Å². The fraction of sp³-hybridized carbons (Fsp3) is 0.846. The maximum Gasteiger partial charge on any atom is 0.173 e. The second kappa shape index (κ2) is 7.88. The van der Waals surface area contributed by atoms with Crippen molar-refractivity contribution >= 4 is 9.84 Å². The first-order valence-electron chi connectivity index (χ1n) is 6.78. The van der Waals surface area contributed by atoms with Crippen LogP contribution in [0.4, 0.5) is 0 Å². The van der Waals surface area contributed by atoms with E-state index in [4.69, 9.17) is 0 Å². The number of hydrogen-bond acceptors (Lipinski definition) is 3. The highest BCUT2D eigenvalue weighted by molar-refractivity contribution is 7.94. The molecule has 0 aromatic heterocycles. The molecule has 0 saturated heterocycles. The molecule has 1 rings (SSSR count). The van der Waals surface area contributed by atoms with Gasteiger partial charge in [-0.25, -0.2) is 8.42 Å². The molecule has 0 spiro atoms. The number of hydrogen-bond donors (Lipinski definition) is 1. The van der Waals surface area contributed by atoms with Gasteiger partial charge in [-0.1, -0.05) is 51.5 Å². The molecule has 1 aliphatic rings. The van der Waals surface area contributed by atoms with Crippen molar-refractivity contribution < 1.29 is 8.42 Å². The smallest absolute Gasteiger partial charge is 0.173 e. The van der Waals surface area contributed by atoms with Crippen LogP contribution in [-0.2, 0) is 9.84 Å². The molecule has 0 amide bonds. The van der Waals surface area contributed by atoms with Crippen LogP contribution in [-0.4, -0.2) is 26.8 Å². The zero-order valence-corrected chi connectivity index (χ0v) is 11.6. The summed E-state index contributed by atoms with van der Waals surface area (Å²) < 4.78 is 22.3. The van der Waals surface area contributed by atoms with Crippen molar-refractivity contribution in [2.45, 2.75) is 57.9 Å². The molecule has 0 saturated carbocycles. The van der Waals surface area contributed by atoms with Crippen LogP contribution >= 0.6 is 0 Å². The molecule has 100 valence electrons. The molecule has 0 bridgehead atoms. The van der Waals surface area contributed by atoms with E-state index >= 15 is 0 Å². The minimum atomic E-state index is -2.90. The minimum Gasteiger partial charge on any atom is -0.310 e. The van der Waals surface area contributed by atoms with Gasteiger partial charge in [0.1, 0.15) is 0 Å². The van der Waals surface area contributed by atoms with Crippen LogP contribution in [0.5, 0.6) is 0 Å². The molecule has 4 heteroatoms. The Hall–Kier alpha value is -0.350. The first kappa shape index (κ1) is 14.7. The van der Waals surface area contributed by atoms with Gasteiger partial charge in [0.25, 0.3) is 0 Å². The third-order valence-electron chi connectivity index (χ3n) is 3.12. The van der Waals surface area contributed by atoms with Gasteiger partial charge in [-0.05, 0) is 13.0 Å². The molecular weight excluding hydrogens is 234 g/mol. The van der Waals surface area contributed by atoms with E-state index in [0.717, 1.165) is 13.0 Å². The van der Waals surface area contributed by atoms with E-state index in [2.05, 4.69) is 12.2 Å². The van der Waals surface area contributed by atoms with Crippen LogP contribution < -0.4 is 5.32 Å². The summed E-state index contributed by atoms with van der Waals surface area (Å²) in [7, 11) is -2.90. The van der Waals surface area contributed by atoms with Gasteiger partial charge in [0, 0.05) is 11.4 Å². The second-order valence-corrected chi connectivity index (χ2v) is 6.77. The third-order valence-corrected chi connectivity index (χ3v) is 4.51. The Morgan fingerprint density at radius 2 is 1.76 bits per heavy atom. The summed E-state index contributed by atoms with van der Waals surface area (Å²) in [5.74, 6) is 0.240. The van der Waals surface area contributed by atoms with Crippen molar-refractivity contribution in [2.24, 2.45) is 0 Å². The monoisotopic (exact) mass is 259 g/mol. The highest BCUT2D eigenvalue weighted by Gasteiger charge is 2.20. The summed E-state index contributed by atoms with van der Waals surface area (Å²) in [6, 6.07) is 0.0418. The van der Waals surface area contributed by atoms with Crippen molar-refractivity contribution in [2.75, 3.05) is 12.3 Å². The maximum absolute atomic E-state index is 11.1. The average molecular weight is 259 g/mol. The summed E-state index contributed by atoms with van der Waals surface area (Å²) in [5, 5.41) is 4.60. The summed E-state index contributed by atoms with van der Waals surface area (Å²) >= 11 is 0. The fourth-order valence-corrected chi connectivity index (χ4v) is 3.34. The topological polar surface area (TPSA) is 46.2 Å². The molecule has 1 heterocycles. The lowest BCUT2D eigenvalue weighted by atomic mass is 10.1. The maximum atomic E-state index is 11.1. The van der Waals surface area contributed by atoms with E-state index < -0.39 is 9.84 Å². The Morgan fingerprint density at radius 3 is 2.35 bits per heavy atom. The molecule has 0 aliphatic carbocycles. The zero-order valence-electron chi connectivity index (χ0n) is 10.8. The van der Waals surface area contributed by atoms with Gasteiger partial charge < -0.3 is 5.32 Å². The van der Waals surface area contributed by atoms with E-state index in [0.29, 0.717) is 0 Å². The summed E-state index contributed by atoms with van der Waals surface area (Å²) in [6.45, 7) is 3.16. The fourth-order valence-electron chi connectivity index (χ4n) is 2.07. The Balaban J connectivity index is 1.90. The summed E-state index contributed by atoms with van der Waals surface area (Å²) in [5.41, 5.74) is 0. The standard InChI is InChI=1S/C13H25NO2S/c1-2-3-4-5-6-7-8-10-14-13-9-11-17(15,16)12-13/h9,11,13-14H,2-8,10,12H2,1H3. The SMILES string of the molecule is CCCCCCCCCNC1C=CS(=O)(=O)C1. The van der Waals surface area contributed by atoms with Gasteiger partial charge in [0.2, 0.25) is 0 Å². The lowest BCUT2D eigenvalue weighted by Crippen LogP contribution is -2.30. The largest absolute Gasteiger partial charge is 0.310 e. The molecule has 0 aromatic carbocycles. The summed E-state index contributed by atoms with van der Waals surface area (Å²) in [4.78, 5) is 0. The predicted molar refractivity (Wildman–Crippen MR) is 72.7 cm³/mol. The van der Waals surface area contributed by atoms with E-state index in [-0.39, 0.29) is 11.8 Å². The van der Waals surface area contributed by atoms with E-state index in [1.54, 1.807) is 6.08 Å². The first-order chi connectivity index (χ1) is 8.14. The Kier molecular flexibility index (Phi) is 6.82. The van der Waals surface area contributed by atoms with Crippen LogP contribution in [0.25, 0.3) is 0 Å². The zero-order chi connectivity index (χ0) is 12.6. The Labute approximate surface area is 106 Å². The van der Waals surface area contributed by atoms with Gasteiger partial charge in [0.15, 0.2) is 9.84 Å². The molecule has 17 heavy (non-hydrogen) atoms. The Morgan fingerprint density at radius 1 is 1.12 bits per heavy atom. The van der Waals surface area contributed by atoms with E-state index in [1.165, 1.54) is 43.9 Å². The molecule has 3 nitrogen and oxygen atoms in total. The molecule has 1 unspecified atom stereocenters. The molecule has 0 fully saturated rings. The number of sulfone groups is 1. The molecule has 0 aromatic rings. The number of unbranched alkanes of at least 4 members (excludes halogenated alkanes) is 6. The van der Waals surface area contributed by atoms with Crippen LogP contribution in [0.3, 0.4) is 0 Å². The highest BCUT2D eigenvalue weighted by atomic mass is 32.2. The van der Waals surface area contributed by atoms with Crippen molar-refractivity contribution in [3.8, 4) is 0 Å². The van der Waals surface area contributed by atoms with Crippen molar-refractivity contribution in [3.05, 3.63) is 11.5 Å². The normalized spacial score (nSPS) is 22.1. The average Bonchev–Trinajstić information content (AvgIpc) is 2.62. The quantitative estimate of drug-likeness (QED) is 0.647. The van der Waals surface area contributed by atoms with Crippen LogP contribution in [0, 0.1) is 0 Å². The van der Waals surface area contributed by atoms with E-state index in [9.17, 15) is 8.42 Å². The molecule has 1 N–H and O–H groups in total. The van der Waals surface area contributed by atoms with E-state index in [1.807, 2.05) is 0 Å². The van der Waals surface area contributed by atoms with Gasteiger partial charge >= 0.3 is 0 Å². The number of nitrogens with one attached hydrogen (secondary N) is 1. The van der Waals surface area contributed by atoms with Crippen LogP contribution in [0.1, 0.15) is 51.9 Å². The van der Waals surface area contributed by atoms with Crippen LogP contribution in [0.15, 0.2) is 11.5 Å². The minimum absolute atomic E-state index is 0.0418. The predicted octanol–water partition coefficient (Wildman–Crippen LogP) is 2.64. The molecule has 1 atom stereocenters. The lowest BCUT2D eigenvalue weighted by Gasteiger charge is -2.09. The first-order valence-corrected chi connectivity index (χ1v) is 8.50. The second-order valence-electron chi connectivity index (χ2n) is 4.84. The molecular formula is C13H25NO2S. The van der Waals surface area contributed by atoms with Crippen molar-refractivity contribution in [1.82, 2.24) is 5.32 Å². The van der Waals surface area contributed by atoms with Crippen LogP contribution in [0.2, 0.25) is 0 Å². The molecule has 0 radical (unpaired) electrons. The third kappa shape index (κ3) is 6.84. The number of rotatable bonds is 9. The summed E-state index contributed by atoms with van der Waals surface area (Å²) in [6.07, 6.45) is 10.8. The Bertz CT molecular complexity index is 322. The van der Waals surface area contributed by atoms with Gasteiger partial charge in [-0.3, -0.25) is 0 Å². The van der Waals surface area contributed by atoms with Crippen molar-refractivity contribution in [3.63, 3.8) is 0 Å². The van der Waals surface area contributed by atoms with Gasteiger partial charge in [0.05, 0.1) is 5.75 Å². The van der Waals surface area contributed by atoms with Gasteiger partial charge in [-0.2, -0.15) is 0 Å².